The Hall–Kier alpha value is -2.20. The van der Waals surface area contributed by atoms with Gasteiger partial charge < -0.3 is 9.47 Å². The number of carbonyl (C=O) groups is 1. The number of benzene rings is 2. The van der Waals surface area contributed by atoms with Crippen molar-refractivity contribution in [2.45, 2.75) is 42.4 Å². The van der Waals surface area contributed by atoms with Gasteiger partial charge in [0.15, 0.2) is 0 Å². The number of allylic oxidation sites excluding steroid dienone is 1. The highest BCUT2D eigenvalue weighted by molar-refractivity contribution is 8.00. The normalized spacial score (nSPS) is 13.5. The molecule has 0 aromatic heterocycles. The largest absolute Gasteiger partial charge is 0.496 e. The zero-order valence-electron chi connectivity index (χ0n) is 15.8. The van der Waals surface area contributed by atoms with Crippen molar-refractivity contribution in [2.24, 2.45) is 0 Å². The highest BCUT2D eigenvalue weighted by Gasteiger charge is 2.33. The van der Waals surface area contributed by atoms with Crippen molar-refractivity contribution in [1.29, 1.82) is 0 Å². The molecule has 0 N–H and O–H groups in total. The van der Waals surface area contributed by atoms with Crippen LogP contribution in [0.3, 0.4) is 0 Å². The summed E-state index contributed by atoms with van der Waals surface area (Å²) in [4.78, 5) is 13.9. The molecule has 0 amide bonds. The summed E-state index contributed by atoms with van der Waals surface area (Å²) < 4.78 is 11.1. The van der Waals surface area contributed by atoms with Crippen molar-refractivity contribution in [1.82, 2.24) is 0 Å². The molecule has 3 nitrogen and oxygen atoms in total. The van der Waals surface area contributed by atoms with E-state index < -0.39 is 10.9 Å². The smallest absolute Gasteiger partial charge is 0.320 e. The standard InChI is InChI=1S/C22H26O3S/c1-6-17(16-12-8-7-9-13-16)20(21(23)25-22(2,3)4)26-19-15-11-10-14-18(19)24-5/h6-15,17,20H,1H2,2-5H3. The van der Waals surface area contributed by atoms with Crippen molar-refractivity contribution in [3.05, 3.63) is 72.8 Å². The fraction of sp³-hybridized carbons (Fsp3) is 0.318. The third-order valence-electron chi connectivity index (χ3n) is 3.73. The first kappa shape index (κ1) is 20.1. The molecule has 0 aliphatic heterocycles. The van der Waals surface area contributed by atoms with E-state index in [-0.39, 0.29) is 11.9 Å². The molecule has 2 aromatic carbocycles. The summed E-state index contributed by atoms with van der Waals surface area (Å²) in [6.07, 6.45) is 1.81. The number of para-hydroxylation sites is 1. The minimum absolute atomic E-state index is 0.180. The van der Waals surface area contributed by atoms with Crippen molar-refractivity contribution in [2.75, 3.05) is 7.11 Å². The van der Waals surface area contributed by atoms with Crippen LogP contribution in [0, 0.1) is 0 Å². The summed E-state index contributed by atoms with van der Waals surface area (Å²) in [6.45, 7) is 9.60. The van der Waals surface area contributed by atoms with Crippen molar-refractivity contribution >= 4 is 17.7 Å². The van der Waals surface area contributed by atoms with Crippen LogP contribution in [0.4, 0.5) is 0 Å². The molecule has 0 aliphatic carbocycles. The summed E-state index contributed by atoms with van der Waals surface area (Å²) in [7, 11) is 1.63. The first-order valence-corrected chi connectivity index (χ1v) is 9.43. The van der Waals surface area contributed by atoms with E-state index >= 15 is 0 Å². The van der Waals surface area contributed by atoms with E-state index in [0.29, 0.717) is 0 Å². The summed E-state index contributed by atoms with van der Waals surface area (Å²) in [5, 5.41) is -0.467. The molecule has 0 saturated heterocycles. The van der Waals surface area contributed by atoms with Gasteiger partial charge in [-0.2, -0.15) is 0 Å². The van der Waals surface area contributed by atoms with Gasteiger partial charge in [0.2, 0.25) is 0 Å². The number of methoxy groups -OCH3 is 1. The second-order valence-corrected chi connectivity index (χ2v) is 8.08. The molecule has 0 fully saturated rings. The Kier molecular flexibility index (Phi) is 6.92. The average molecular weight is 371 g/mol. The molecule has 0 saturated carbocycles. The quantitative estimate of drug-likeness (QED) is 0.368. The van der Waals surface area contributed by atoms with Gasteiger partial charge in [-0.1, -0.05) is 48.5 Å². The van der Waals surface area contributed by atoms with Crippen molar-refractivity contribution in [3.8, 4) is 5.75 Å². The lowest BCUT2D eigenvalue weighted by Crippen LogP contribution is -2.33. The molecule has 2 rings (SSSR count). The van der Waals surface area contributed by atoms with Crippen LogP contribution in [0.1, 0.15) is 32.3 Å². The van der Waals surface area contributed by atoms with Crippen LogP contribution >= 0.6 is 11.8 Å². The van der Waals surface area contributed by atoms with E-state index in [1.54, 1.807) is 7.11 Å². The molecule has 0 bridgehead atoms. The van der Waals surface area contributed by atoms with Gasteiger partial charge in [-0.05, 0) is 38.5 Å². The minimum atomic E-state index is -0.556. The monoisotopic (exact) mass is 370 g/mol. The number of hydrogen-bond donors (Lipinski definition) is 0. The predicted molar refractivity (Wildman–Crippen MR) is 108 cm³/mol. The molecule has 0 radical (unpaired) electrons. The topological polar surface area (TPSA) is 35.5 Å². The number of carbonyl (C=O) groups excluding carboxylic acids is 1. The first-order chi connectivity index (χ1) is 12.4. The second-order valence-electron chi connectivity index (χ2n) is 6.89. The fourth-order valence-electron chi connectivity index (χ4n) is 2.59. The lowest BCUT2D eigenvalue weighted by atomic mass is 9.95. The SMILES string of the molecule is C=CC(c1ccccc1)C(Sc1ccccc1OC)C(=O)OC(C)(C)C. The van der Waals surface area contributed by atoms with Crippen LogP contribution in [0.5, 0.6) is 5.75 Å². The molecular formula is C22H26O3S. The number of ether oxygens (including phenoxy) is 2. The highest BCUT2D eigenvalue weighted by atomic mass is 32.2. The van der Waals surface area contributed by atoms with Gasteiger partial charge in [0.25, 0.3) is 0 Å². The minimum Gasteiger partial charge on any atom is -0.496 e. The highest BCUT2D eigenvalue weighted by Crippen LogP contribution is 2.39. The Morgan fingerprint density at radius 2 is 1.69 bits per heavy atom. The fourth-order valence-corrected chi connectivity index (χ4v) is 3.85. The molecule has 0 aliphatic rings. The Balaban J connectivity index is 2.41. The maximum Gasteiger partial charge on any atom is 0.320 e. The zero-order valence-corrected chi connectivity index (χ0v) is 16.6. The Morgan fingerprint density at radius 3 is 2.27 bits per heavy atom. The van der Waals surface area contributed by atoms with Gasteiger partial charge in [-0.25, -0.2) is 0 Å². The van der Waals surface area contributed by atoms with Crippen molar-refractivity contribution < 1.29 is 14.3 Å². The maximum absolute atomic E-state index is 13.0. The number of esters is 1. The third-order valence-corrected chi connectivity index (χ3v) is 5.06. The lowest BCUT2D eigenvalue weighted by molar-refractivity contribution is -0.154. The molecule has 4 heteroatoms. The van der Waals surface area contributed by atoms with E-state index in [1.165, 1.54) is 11.8 Å². The van der Waals surface area contributed by atoms with Crippen LogP contribution in [0.15, 0.2) is 72.1 Å². The second kappa shape index (κ2) is 8.95. The van der Waals surface area contributed by atoms with Gasteiger partial charge in [0, 0.05) is 5.92 Å². The zero-order chi connectivity index (χ0) is 19.2. The van der Waals surface area contributed by atoms with Gasteiger partial charge in [0.05, 0.1) is 12.0 Å². The summed E-state index contributed by atoms with van der Waals surface area (Å²) in [6, 6.07) is 17.6. The average Bonchev–Trinajstić information content (AvgIpc) is 2.61. The third kappa shape index (κ3) is 5.40. The summed E-state index contributed by atoms with van der Waals surface area (Å²) in [5.74, 6) is 0.296. The van der Waals surface area contributed by atoms with Crippen LogP contribution in [0.2, 0.25) is 0 Å². The van der Waals surface area contributed by atoms with E-state index in [1.807, 2.05) is 81.4 Å². The maximum atomic E-state index is 13.0. The van der Waals surface area contributed by atoms with Gasteiger partial charge in [-0.15, -0.1) is 18.3 Å². The molecule has 2 aromatic rings. The Morgan fingerprint density at radius 1 is 1.08 bits per heavy atom. The van der Waals surface area contributed by atoms with Gasteiger partial charge in [-0.3, -0.25) is 4.79 Å². The molecule has 0 spiro atoms. The lowest BCUT2D eigenvalue weighted by Gasteiger charge is -2.28. The van der Waals surface area contributed by atoms with Crippen molar-refractivity contribution in [3.63, 3.8) is 0 Å². The number of hydrogen-bond acceptors (Lipinski definition) is 4. The molecule has 26 heavy (non-hydrogen) atoms. The summed E-state index contributed by atoms with van der Waals surface area (Å²) in [5.41, 5.74) is 0.472. The Bertz CT molecular complexity index is 735. The molecular weight excluding hydrogens is 344 g/mol. The first-order valence-electron chi connectivity index (χ1n) is 8.55. The Labute approximate surface area is 160 Å². The molecule has 2 unspecified atom stereocenters. The summed E-state index contributed by atoms with van der Waals surface area (Å²) >= 11 is 1.45. The molecule has 0 heterocycles. The number of thioether (sulfide) groups is 1. The molecule has 2 atom stereocenters. The molecule has 138 valence electrons. The van der Waals surface area contributed by atoms with Gasteiger partial charge in [0.1, 0.15) is 16.6 Å². The van der Waals surface area contributed by atoms with E-state index in [4.69, 9.17) is 9.47 Å². The van der Waals surface area contributed by atoms with Crippen LogP contribution in [-0.2, 0) is 9.53 Å². The van der Waals surface area contributed by atoms with Gasteiger partial charge >= 0.3 is 5.97 Å². The van der Waals surface area contributed by atoms with E-state index in [0.717, 1.165) is 16.2 Å². The van der Waals surface area contributed by atoms with Crippen LogP contribution in [-0.4, -0.2) is 23.9 Å². The number of rotatable bonds is 7. The predicted octanol–water partition coefficient (Wildman–Crippen LogP) is 5.47. The van der Waals surface area contributed by atoms with Crippen LogP contribution < -0.4 is 4.74 Å². The van der Waals surface area contributed by atoms with Crippen LogP contribution in [0.25, 0.3) is 0 Å². The van der Waals surface area contributed by atoms with E-state index in [2.05, 4.69) is 6.58 Å². The van der Waals surface area contributed by atoms with E-state index in [9.17, 15) is 4.79 Å².